The second-order valence-electron chi connectivity index (χ2n) is 7.09. The number of anilines is 1. The van der Waals surface area contributed by atoms with E-state index in [-0.39, 0.29) is 39.5 Å². The molecule has 0 saturated heterocycles. The van der Waals surface area contributed by atoms with Crippen molar-refractivity contribution in [3.8, 4) is 16.9 Å². The van der Waals surface area contributed by atoms with Gasteiger partial charge in [0, 0.05) is 28.8 Å². The van der Waals surface area contributed by atoms with Crippen LogP contribution in [-0.2, 0) is 16.4 Å². The number of ketones is 1. The van der Waals surface area contributed by atoms with Crippen LogP contribution in [0.3, 0.4) is 0 Å². The van der Waals surface area contributed by atoms with E-state index in [1.54, 1.807) is 19.1 Å². The molecule has 0 aliphatic rings. The lowest BCUT2D eigenvalue weighted by Crippen LogP contribution is -2.17. The minimum absolute atomic E-state index is 0.0259. The number of nitrogens with two attached hydrogens (primary N) is 2. The van der Waals surface area contributed by atoms with Crippen molar-refractivity contribution in [1.82, 2.24) is 0 Å². The number of Topliss-reactive ketones (excluding diaryl/α,β-unsaturated/α-hetero) is 1. The number of carbonyl (C=O) groups excluding carboxylic acids is 1. The van der Waals surface area contributed by atoms with Crippen LogP contribution in [0.4, 0.5) is 18.9 Å². The number of benzene rings is 3. The van der Waals surface area contributed by atoms with Crippen LogP contribution in [0.25, 0.3) is 11.1 Å². The monoisotopic (exact) mass is 464 g/mol. The molecule has 32 heavy (non-hydrogen) atoms. The summed E-state index contributed by atoms with van der Waals surface area (Å²) in [4.78, 5) is 12.7. The fraction of sp³-hybridized carbons (Fsp3) is 0.136. The zero-order valence-corrected chi connectivity index (χ0v) is 17.6. The van der Waals surface area contributed by atoms with Gasteiger partial charge in [0.15, 0.2) is 5.78 Å². The third-order valence-electron chi connectivity index (χ3n) is 4.69. The van der Waals surface area contributed by atoms with Crippen LogP contribution in [0.15, 0.2) is 65.6 Å². The van der Waals surface area contributed by atoms with Gasteiger partial charge in [0.05, 0.1) is 4.90 Å². The number of aryl methyl sites for hydroxylation is 1. The Morgan fingerprint density at radius 1 is 1.00 bits per heavy atom. The van der Waals surface area contributed by atoms with Crippen LogP contribution in [0.1, 0.15) is 21.5 Å². The smallest absolute Gasteiger partial charge is 0.405 e. The zero-order valence-electron chi connectivity index (χ0n) is 16.8. The molecule has 0 fully saturated rings. The fourth-order valence-corrected chi connectivity index (χ4v) is 4.08. The van der Waals surface area contributed by atoms with Crippen molar-refractivity contribution in [2.75, 3.05) is 5.73 Å². The molecular weight excluding hydrogens is 445 g/mol. The number of sulfonamides is 1. The Morgan fingerprint density at radius 3 is 2.28 bits per heavy atom. The van der Waals surface area contributed by atoms with Gasteiger partial charge >= 0.3 is 6.36 Å². The average molecular weight is 464 g/mol. The molecule has 0 atom stereocenters. The number of rotatable bonds is 6. The van der Waals surface area contributed by atoms with E-state index in [1.807, 2.05) is 0 Å². The molecule has 0 spiro atoms. The third kappa shape index (κ3) is 5.45. The van der Waals surface area contributed by atoms with E-state index >= 15 is 0 Å². The summed E-state index contributed by atoms with van der Waals surface area (Å²) in [6, 6.07) is 14.2. The average Bonchev–Trinajstić information content (AvgIpc) is 2.66. The van der Waals surface area contributed by atoms with Crippen LogP contribution in [0.2, 0.25) is 0 Å². The molecule has 3 rings (SSSR count). The van der Waals surface area contributed by atoms with Crippen LogP contribution in [0, 0.1) is 6.92 Å². The Bertz CT molecular complexity index is 1290. The highest BCUT2D eigenvalue weighted by molar-refractivity contribution is 7.89. The lowest BCUT2D eigenvalue weighted by atomic mass is 9.97. The lowest BCUT2D eigenvalue weighted by Gasteiger charge is -2.15. The number of halogens is 3. The minimum atomic E-state index is -4.86. The topological polar surface area (TPSA) is 112 Å². The van der Waals surface area contributed by atoms with Gasteiger partial charge in [-0.25, -0.2) is 13.6 Å². The minimum Gasteiger partial charge on any atom is -0.405 e. The summed E-state index contributed by atoms with van der Waals surface area (Å²) in [5.41, 5.74) is 7.81. The maximum atomic E-state index is 12.7. The van der Waals surface area contributed by atoms with Crippen molar-refractivity contribution >= 4 is 21.5 Å². The van der Waals surface area contributed by atoms with Crippen molar-refractivity contribution in [2.45, 2.75) is 24.6 Å². The first-order valence-electron chi connectivity index (χ1n) is 9.25. The van der Waals surface area contributed by atoms with Crippen molar-refractivity contribution in [3.63, 3.8) is 0 Å². The molecule has 3 aromatic carbocycles. The molecule has 0 unspecified atom stereocenters. The number of ether oxygens (including phenoxy) is 1. The molecule has 0 radical (unpaired) electrons. The van der Waals surface area contributed by atoms with Crippen molar-refractivity contribution in [2.24, 2.45) is 5.14 Å². The Labute approximate surface area is 182 Å². The Kier molecular flexibility index (Phi) is 6.29. The molecule has 0 heterocycles. The van der Waals surface area contributed by atoms with E-state index in [1.165, 1.54) is 48.5 Å². The predicted molar refractivity (Wildman–Crippen MR) is 114 cm³/mol. The van der Waals surface area contributed by atoms with E-state index in [9.17, 15) is 26.4 Å². The highest BCUT2D eigenvalue weighted by Gasteiger charge is 2.32. The first-order valence-corrected chi connectivity index (χ1v) is 10.8. The SMILES string of the molecule is Cc1cc(CC(=O)c2ccc(-c3ccccc3OC(F)(F)F)c(N)c2)ccc1S(N)(=O)=O. The highest BCUT2D eigenvalue weighted by Crippen LogP contribution is 2.37. The number of hydrogen-bond donors (Lipinski definition) is 2. The molecule has 3 aromatic rings. The summed E-state index contributed by atoms with van der Waals surface area (Å²) in [6.07, 6.45) is -4.89. The van der Waals surface area contributed by atoms with Gasteiger partial charge in [-0.3, -0.25) is 4.79 Å². The second-order valence-corrected chi connectivity index (χ2v) is 8.62. The predicted octanol–water partition coefficient (Wildman–Crippen LogP) is 4.22. The fourth-order valence-electron chi connectivity index (χ4n) is 3.31. The number of primary sulfonamides is 1. The van der Waals surface area contributed by atoms with Gasteiger partial charge in [-0.1, -0.05) is 42.5 Å². The lowest BCUT2D eigenvalue weighted by molar-refractivity contribution is -0.274. The van der Waals surface area contributed by atoms with Gasteiger partial charge in [0.1, 0.15) is 5.75 Å². The summed E-state index contributed by atoms with van der Waals surface area (Å²) in [7, 11) is -3.86. The second kappa shape index (κ2) is 8.64. The molecule has 0 aliphatic carbocycles. The first kappa shape index (κ1) is 23.3. The van der Waals surface area contributed by atoms with Crippen LogP contribution in [0.5, 0.6) is 5.75 Å². The summed E-state index contributed by atoms with van der Waals surface area (Å²) in [5.74, 6) is -0.706. The number of alkyl halides is 3. The van der Waals surface area contributed by atoms with Gasteiger partial charge in [0.2, 0.25) is 10.0 Å². The van der Waals surface area contributed by atoms with Crippen LogP contribution >= 0.6 is 0 Å². The summed E-state index contributed by atoms with van der Waals surface area (Å²) in [5, 5.41) is 5.14. The van der Waals surface area contributed by atoms with Crippen molar-refractivity contribution in [3.05, 3.63) is 77.4 Å². The number of para-hydroxylation sites is 1. The number of nitrogen functional groups attached to an aromatic ring is 1. The van der Waals surface area contributed by atoms with E-state index in [0.29, 0.717) is 11.1 Å². The maximum Gasteiger partial charge on any atom is 0.573 e. The number of hydrogen-bond acceptors (Lipinski definition) is 5. The quantitative estimate of drug-likeness (QED) is 0.419. The van der Waals surface area contributed by atoms with E-state index in [0.717, 1.165) is 0 Å². The molecule has 168 valence electrons. The van der Waals surface area contributed by atoms with Crippen molar-refractivity contribution in [1.29, 1.82) is 0 Å². The summed E-state index contributed by atoms with van der Waals surface area (Å²) < 4.78 is 65.2. The normalized spacial score (nSPS) is 11.9. The molecule has 0 saturated carbocycles. The summed E-state index contributed by atoms with van der Waals surface area (Å²) in [6.45, 7) is 1.57. The summed E-state index contributed by atoms with van der Waals surface area (Å²) >= 11 is 0. The standard InChI is InChI=1S/C22H19F3N2O4S/c1-13-10-14(6-9-21(13)32(27,29)30)11-19(28)15-7-8-16(18(26)12-15)17-4-2-3-5-20(17)31-22(23,24)25/h2-10,12H,11,26H2,1H3,(H2,27,29,30). The van der Waals surface area contributed by atoms with Gasteiger partial charge in [-0.2, -0.15) is 0 Å². The van der Waals surface area contributed by atoms with Gasteiger partial charge < -0.3 is 10.5 Å². The van der Waals surface area contributed by atoms with Gasteiger partial charge in [-0.15, -0.1) is 13.2 Å². The Balaban J connectivity index is 1.86. The molecule has 0 aliphatic heterocycles. The molecule has 0 aromatic heterocycles. The van der Waals surface area contributed by atoms with Crippen LogP contribution in [-0.4, -0.2) is 20.6 Å². The molecule has 0 bridgehead atoms. The van der Waals surface area contributed by atoms with Crippen LogP contribution < -0.4 is 15.6 Å². The van der Waals surface area contributed by atoms with E-state index in [2.05, 4.69) is 4.74 Å². The highest BCUT2D eigenvalue weighted by atomic mass is 32.2. The first-order chi connectivity index (χ1) is 14.8. The maximum absolute atomic E-state index is 12.7. The zero-order chi connectivity index (χ0) is 23.7. The Hall–Kier alpha value is -3.37. The molecule has 6 nitrogen and oxygen atoms in total. The molecule has 0 amide bonds. The third-order valence-corrected chi connectivity index (χ3v) is 5.76. The molecular formula is C22H19F3N2O4S. The van der Waals surface area contributed by atoms with E-state index < -0.39 is 22.1 Å². The largest absolute Gasteiger partial charge is 0.573 e. The van der Waals surface area contributed by atoms with Gasteiger partial charge in [-0.05, 0) is 36.2 Å². The molecule has 10 heteroatoms. The van der Waals surface area contributed by atoms with Crippen molar-refractivity contribution < 1.29 is 31.1 Å². The molecule has 4 N–H and O–H groups in total. The van der Waals surface area contributed by atoms with E-state index in [4.69, 9.17) is 10.9 Å². The Morgan fingerprint density at radius 2 is 1.69 bits per heavy atom. The number of carbonyl (C=O) groups is 1. The van der Waals surface area contributed by atoms with Gasteiger partial charge in [0.25, 0.3) is 0 Å².